The van der Waals surface area contributed by atoms with Gasteiger partial charge in [0.25, 0.3) is 12.0 Å². The van der Waals surface area contributed by atoms with Gasteiger partial charge in [0.2, 0.25) is 0 Å². The molecule has 2 unspecified atom stereocenters. The van der Waals surface area contributed by atoms with Gasteiger partial charge in [0.05, 0.1) is 24.2 Å². The number of hydrogen-bond acceptors (Lipinski definition) is 6. The molecule has 0 spiro atoms. The fourth-order valence-corrected chi connectivity index (χ4v) is 4.37. The van der Waals surface area contributed by atoms with E-state index >= 15 is 4.39 Å². The number of anilines is 1. The van der Waals surface area contributed by atoms with Crippen LogP contribution in [-0.4, -0.2) is 49.0 Å². The van der Waals surface area contributed by atoms with Gasteiger partial charge in [0.15, 0.2) is 11.6 Å². The lowest BCUT2D eigenvalue weighted by atomic mass is 10.0. The number of fused-ring (bicyclic) bond motifs is 1. The van der Waals surface area contributed by atoms with E-state index in [4.69, 9.17) is 10.5 Å². The van der Waals surface area contributed by atoms with Gasteiger partial charge < -0.3 is 20.1 Å². The summed E-state index contributed by atoms with van der Waals surface area (Å²) in [6, 6.07) is -0.370. The Hall–Kier alpha value is -2.67. The molecule has 0 bridgehead atoms. The summed E-state index contributed by atoms with van der Waals surface area (Å²) in [6.45, 7) is -3.52. The van der Waals surface area contributed by atoms with Crippen molar-refractivity contribution in [1.82, 2.24) is 9.55 Å². The van der Waals surface area contributed by atoms with Crippen molar-refractivity contribution in [2.24, 2.45) is 11.7 Å². The summed E-state index contributed by atoms with van der Waals surface area (Å²) in [6.07, 6.45) is -3.36. The molecule has 0 amide bonds. The van der Waals surface area contributed by atoms with Crippen molar-refractivity contribution in [1.29, 1.82) is 0 Å². The van der Waals surface area contributed by atoms with Crippen LogP contribution in [0.2, 0.25) is 0 Å². The van der Waals surface area contributed by atoms with E-state index in [9.17, 15) is 27.2 Å². The van der Waals surface area contributed by atoms with Gasteiger partial charge in [-0.15, -0.1) is 0 Å². The average Bonchev–Trinajstić information content (AvgIpc) is 3.47. The summed E-state index contributed by atoms with van der Waals surface area (Å²) in [5, 5.41) is -0.681. The molecular formula is C19H21F5N4O4. The Labute approximate surface area is 177 Å². The van der Waals surface area contributed by atoms with E-state index < -0.39 is 58.8 Å². The third kappa shape index (κ3) is 3.62. The summed E-state index contributed by atoms with van der Waals surface area (Å²) in [5.41, 5.74) is 1.76. The number of halogens is 5. The van der Waals surface area contributed by atoms with Crippen LogP contribution >= 0.6 is 0 Å². The maximum atomic E-state index is 15.5. The van der Waals surface area contributed by atoms with E-state index in [0.717, 1.165) is 11.7 Å². The van der Waals surface area contributed by atoms with Gasteiger partial charge >= 0.3 is 12.3 Å². The number of H-pyrrole nitrogens is 1. The first kappa shape index (κ1) is 22.5. The van der Waals surface area contributed by atoms with E-state index in [0.29, 0.717) is 12.8 Å². The standard InChI is InChI=1S/C19H21F5N4O4/c1-31-15-13-11(17(29)26-19(30)28(13)8-2-3-8)10(16(21)22)12(20)14(15)27-5-7(4-25)9(6-27)32-18(23)24/h7-9,16,18H,2-6,25H2,1H3,(H,26,29,30). The molecule has 2 aromatic rings. The maximum Gasteiger partial charge on any atom is 0.345 e. The molecule has 2 atom stereocenters. The summed E-state index contributed by atoms with van der Waals surface area (Å²) < 4.78 is 80.2. The van der Waals surface area contributed by atoms with Gasteiger partial charge in [-0.2, -0.15) is 8.78 Å². The Balaban J connectivity index is 2.02. The number of alkyl halides is 4. The first-order chi connectivity index (χ1) is 15.2. The molecule has 1 saturated carbocycles. The summed E-state index contributed by atoms with van der Waals surface area (Å²) in [5.74, 6) is -2.36. The topological polar surface area (TPSA) is 103 Å². The minimum atomic E-state index is -3.39. The van der Waals surface area contributed by atoms with E-state index in [1.54, 1.807) is 0 Å². The van der Waals surface area contributed by atoms with Gasteiger partial charge in [0.1, 0.15) is 11.2 Å². The summed E-state index contributed by atoms with van der Waals surface area (Å²) in [7, 11) is 1.15. The number of nitrogens with two attached hydrogens (primary N) is 1. The number of methoxy groups -OCH3 is 1. The molecular weight excluding hydrogens is 443 g/mol. The van der Waals surface area contributed by atoms with Crippen molar-refractivity contribution in [2.75, 3.05) is 31.6 Å². The molecule has 1 aromatic carbocycles. The molecule has 13 heteroatoms. The number of aromatic amines is 1. The molecule has 3 N–H and O–H groups in total. The van der Waals surface area contributed by atoms with Crippen molar-refractivity contribution in [2.45, 2.75) is 38.0 Å². The van der Waals surface area contributed by atoms with Crippen LogP contribution in [0.1, 0.15) is 30.9 Å². The van der Waals surface area contributed by atoms with Crippen LogP contribution in [0.15, 0.2) is 9.59 Å². The Kier molecular flexibility index (Phi) is 5.88. The minimum absolute atomic E-state index is 0.0699. The molecule has 1 saturated heterocycles. The van der Waals surface area contributed by atoms with Crippen molar-refractivity contribution in [3.63, 3.8) is 0 Å². The lowest BCUT2D eigenvalue weighted by molar-refractivity contribution is -0.165. The molecule has 2 aliphatic rings. The van der Waals surface area contributed by atoms with Crippen LogP contribution in [0.4, 0.5) is 27.6 Å². The van der Waals surface area contributed by atoms with Crippen LogP contribution in [-0.2, 0) is 4.74 Å². The van der Waals surface area contributed by atoms with Gasteiger partial charge in [-0.1, -0.05) is 0 Å². The molecule has 176 valence electrons. The molecule has 32 heavy (non-hydrogen) atoms. The van der Waals surface area contributed by atoms with Crippen LogP contribution in [0.3, 0.4) is 0 Å². The number of aromatic nitrogens is 2. The Bertz CT molecular complexity index is 1150. The van der Waals surface area contributed by atoms with E-state index in [-0.39, 0.29) is 36.9 Å². The predicted molar refractivity (Wildman–Crippen MR) is 104 cm³/mol. The molecule has 2 fully saturated rings. The van der Waals surface area contributed by atoms with E-state index in [2.05, 4.69) is 4.74 Å². The highest BCUT2D eigenvalue weighted by Gasteiger charge is 2.40. The number of hydrogen-bond donors (Lipinski definition) is 2. The third-order valence-corrected chi connectivity index (χ3v) is 5.90. The first-order valence-corrected chi connectivity index (χ1v) is 9.94. The summed E-state index contributed by atoms with van der Waals surface area (Å²) >= 11 is 0. The summed E-state index contributed by atoms with van der Waals surface area (Å²) in [4.78, 5) is 28.2. The second kappa shape index (κ2) is 8.35. The van der Waals surface area contributed by atoms with Crippen molar-refractivity contribution in [3.8, 4) is 5.75 Å². The molecule has 4 rings (SSSR count). The number of benzene rings is 1. The van der Waals surface area contributed by atoms with Crippen LogP contribution in [0.25, 0.3) is 10.9 Å². The number of nitrogens with one attached hydrogen (secondary N) is 1. The largest absolute Gasteiger partial charge is 0.492 e. The number of ether oxygens (including phenoxy) is 2. The van der Waals surface area contributed by atoms with Crippen molar-refractivity contribution in [3.05, 3.63) is 32.2 Å². The Morgan fingerprint density at radius 1 is 1.19 bits per heavy atom. The van der Waals surface area contributed by atoms with Crippen molar-refractivity contribution < 1.29 is 31.4 Å². The Morgan fingerprint density at radius 2 is 1.88 bits per heavy atom. The fraction of sp³-hybridized carbons (Fsp3) is 0.579. The zero-order valence-electron chi connectivity index (χ0n) is 16.9. The van der Waals surface area contributed by atoms with Gasteiger partial charge in [0, 0.05) is 25.0 Å². The first-order valence-electron chi connectivity index (χ1n) is 9.94. The van der Waals surface area contributed by atoms with Gasteiger partial charge in [-0.25, -0.2) is 18.0 Å². The molecule has 1 aromatic heterocycles. The monoisotopic (exact) mass is 464 g/mol. The number of rotatable bonds is 7. The maximum absolute atomic E-state index is 15.5. The zero-order chi connectivity index (χ0) is 23.3. The molecule has 1 aliphatic heterocycles. The minimum Gasteiger partial charge on any atom is -0.492 e. The molecule has 1 aliphatic carbocycles. The molecule has 2 heterocycles. The highest BCUT2D eigenvalue weighted by Crippen LogP contribution is 2.47. The normalized spacial score (nSPS) is 21.3. The Morgan fingerprint density at radius 3 is 2.41 bits per heavy atom. The van der Waals surface area contributed by atoms with E-state index in [1.807, 2.05) is 4.98 Å². The highest BCUT2D eigenvalue weighted by atomic mass is 19.3. The second-order valence-electron chi connectivity index (χ2n) is 7.83. The van der Waals surface area contributed by atoms with Crippen LogP contribution < -0.4 is 26.6 Å². The fourth-order valence-electron chi connectivity index (χ4n) is 4.37. The molecule has 8 nitrogen and oxygen atoms in total. The lowest BCUT2D eigenvalue weighted by Crippen LogP contribution is -2.32. The van der Waals surface area contributed by atoms with Crippen LogP contribution in [0.5, 0.6) is 5.75 Å². The highest BCUT2D eigenvalue weighted by molar-refractivity contribution is 5.94. The zero-order valence-corrected chi connectivity index (χ0v) is 16.9. The predicted octanol–water partition coefficient (Wildman–Crippen LogP) is 2.11. The molecule has 0 radical (unpaired) electrons. The quantitative estimate of drug-likeness (QED) is 0.609. The van der Waals surface area contributed by atoms with Crippen molar-refractivity contribution >= 4 is 16.6 Å². The third-order valence-electron chi connectivity index (χ3n) is 5.90. The van der Waals surface area contributed by atoms with Gasteiger partial charge in [-0.3, -0.25) is 14.3 Å². The smallest absolute Gasteiger partial charge is 0.345 e. The SMILES string of the molecule is COc1c(N2CC(CN)C(OC(F)F)C2)c(F)c(C(F)F)c2c(=O)[nH]c(=O)n(C3CC3)c12. The lowest BCUT2D eigenvalue weighted by Gasteiger charge is -2.26. The average molecular weight is 464 g/mol. The van der Waals surface area contributed by atoms with Gasteiger partial charge in [-0.05, 0) is 19.4 Å². The van der Waals surface area contributed by atoms with E-state index in [1.165, 1.54) is 4.90 Å². The van der Waals surface area contributed by atoms with Crippen LogP contribution in [0, 0.1) is 11.7 Å². The number of nitrogens with zero attached hydrogens (tertiary/aromatic N) is 2. The second-order valence-corrected chi connectivity index (χ2v) is 7.83.